The summed E-state index contributed by atoms with van der Waals surface area (Å²) in [4.78, 5) is 38.2. The van der Waals surface area contributed by atoms with E-state index in [-0.39, 0.29) is 18.7 Å². The number of pyridine rings is 2. The second kappa shape index (κ2) is 14.2. The molecular formula is C33H37N7O3. The van der Waals surface area contributed by atoms with E-state index in [0.717, 1.165) is 41.2 Å². The predicted molar refractivity (Wildman–Crippen MR) is 170 cm³/mol. The molecular weight excluding hydrogens is 542 g/mol. The monoisotopic (exact) mass is 579 g/mol. The van der Waals surface area contributed by atoms with E-state index in [4.69, 9.17) is 4.74 Å². The second-order valence-corrected chi connectivity index (χ2v) is 10.3. The Bertz CT molecular complexity index is 1550. The zero-order valence-electron chi connectivity index (χ0n) is 24.5. The van der Waals surface area contributed by atoms with Crippen molar-refractivity contribution in [3.8, 4) is 5.75 Å². The number of nitrogens with one attached hydrogen (secondary N) is 3. The Labute approximate surface area is 252 Å². The fraction of sp³-hybridized carbons (Fsp3) is 0.273. The molecule has 0 radical (unpaired) electrons. The zero-order chi connectivity index (χ0) is 30.0. The first-order chi connectivity index (χ1) is 21.0. The number of ether oxygens (including phenoxy) is 1. The number of rotatable bonds is 9. The van der Waals surface area contributed by atoms with Crippen LogP contribution < -0.4 is 25.6 Å². The number of carbonyl (C=O) groups excluding carboxylic acids is 2. The molecule has 10 nitrogen and oxygen atoms in total. The summed E-state index contributed by atoms with van der Waals surface area (Å²) >= 11 is 0. The maximum atomic E-state index is 12.9. The minimum absolute atomic E-state index is 0.101. The lowest BCUT2D eigenvalue weighted by Gasteiger charge is -2.35. The van der Waals surface area contributed by atoms with Gasteiger partial charge in [0.1, 0.15) is 12.4 Å². The Morgan fingerprint density at radius 2 is 1.44 bits per heavy atom. The number of aryl methyl sites for hydroxylation is 2. The SMILES string of the molecule is CCc1cccc(NC(=O)Nc2cc(COc3cccnc3N3CCN(C(=O)Nc4cccc(CC)c4)CC3)ccn2)c1. The molecule has 1 saturated heterocycles. The third-order valence-electron chi connectivity index (χ3n) is 7.26. The number of carbonyl (C=O) groups is 2. The molecule has 3 N–H and O–H groups in total. The number of hydrogen-bond acceptors (Lipinski definition) is 6. The number of hydrogen-bond donors (Lipinski definition) is 3. The third-order valence-corrected chi connectivity index (χ3v) is 7.26. The van der Waals surface area contributed by atoms with Gasteiger partial charge in [0.15, 0.2) is 11.6 Å². The Kier molecular flexibility index (Phi) is 9.68. The van der Waals surface area contributed by atoms with Gasteiger partial charge < -0.3 is 25.2 Å². The van der Waals surface area contributed by atoms with Crippen LogP contribution in [-0.4, -0.2) is 53.1 Å². The molecule has 0 spiro atoms. The fourth-order valence-corrected chi connectivity index (χ4v) is 4.87. The summed E-state index contributed by atoms with van der Waals surface area (Å²) in [5, 5.41) is 8.65. The molecule has 4 amide bonds. The second-order valence-electron chi connectivity index (χ2n) is 10.3. The van der Waals surface area contributed by atoms with Crippen LogP contribution >= 0.6 is 0 Å². The summed E-state index contributed by atoms with van der Waals surface area (Å²) in [5.74, 6) is 1.81. The molecule has 0 saturated carbocycles. The van der Waals surface area contributed by atoms with Crippen molar-refractivity contribution in [2.24, 2.45) is 0 Å². The van der Waals surface area contributed by atoms with E-state index in [1.54, 1.807) is 18.5 Å². The van der Waals surface area contributed by atoms with Crippen LogP contribution in [0.4, 0.5) is 32.6 Å². The molecule has 0 atom stereocenters. The number of benzene rings is 2. The molecule has 43 heavy (non-hydrogen) atoms. The smallest absolute Gasteiger partial charge is 0.324 e. The molecule has 10 heteroatoms. The van der Waals surface area contributed by atoms with Crippen LogP contribution in [-0.2, 0) is 19.4 Å². The third kappa shape index (κ3) is 8.00. The summed E-state index contributed by atoms with van der Waals surface area (Å²) in [7, 11) is 0. The van der Waals surface area contributed by atoms with E-state index >= 15 is 0 Å². The van der Waals surface area contributed by atoms with Crippen molar-refractivity contribution in [3.63, 3.8) is 0 Å². The maximum absolute atomic E-state index is 12.9. The topological polar surface area (TPSA) is 112 Å². The first-order valence-electron chi connectivity index (χ1n) is 14.6. The Balaban J connectivity index is 1.14. The highest BCUT2D eigenvalue weighted by atomic mass is 16.5. The fourth-order valence-electron chi connectivity index (χ4n) is 4.87. The molecule has 4 aromatic rings. The molecule has 1 fully saturated rings. The first-order valence-corrected chi connectivity index (χ1v) is 14.6. The molecule has 0 aliphatic carbocycles. The number of piperazine rings is 1. The Hall–Kier alpha value is -5.12. The van der Waals surface area contributed by atoms with E-state index in [0.29, 0.717) is 37.7 Å². The highest BCUT2D eigenvalue weighted by Crippen LogP contribution is 2.27. The quantitative estimate of drug-likeness (QED) is 0.218. The normalized spacial score (nSPS) is 12.9. The lowest BCUT2D eigenvalue weighted by atomic mass is 10.1. The standard InChI is InChI=1S/C33H37N7O3/c1-3-24-8-5-10-27(20-24)36-32(41)38-30-22-26(13-15-34-30)23-43-29-12-7-14-35-31(29)39-16-18-40(19-17-39)33(42)37-28-11-6-9-25(4-2)21-28/h5-15,20-22H,3-4,16-19,23H2,1-2H3,(H,37,42)(H2,34,36,38,41). The summed E-state index contributed by atoms with van der Waals surface area (Å²) in [6.45, 7) is 6.84. The van der Waals surface area contributed by atoms with Crippen LogP contribution in [0.1, 0.15) is 30.5 Å². The van der Waals surface area contributed by atoms with Crippen LogP contribution in [0.5, 0.6) is 5.75 Å². The average Bonchev–Trinajstić information content (AvgIpc) is 3.04. The molecule has 1 aliphatic heterocycles. The van der Waals surface area contributed by atoms with Gasteiger partial charge in [-0.25, -0.2) is 19.6 Å². The largest absolute Gasteiger partial charge is 0.485 e. The lowest BCUT2D eigenvalue weighted by molar-refractivity contribution is 0.208. The molecule has 5 rings (SSSR count). The van der Waals surface area contributed by atoms with Gasteiger partial charge >= 0.3 is 12.1 Å². The van der Waals surface area contributed by atoms with E-state index in [9.17, 15) is 9.59 Å². The van der Waals surface area contributed by atoms with Gasteiger partial charge in [0, 0.05) is 49.9 Å². The molecule has 3 heterocycles. The Morgan fingerprint density at radius 3 is 2.14 bits per heavy atom. The highest BCUT2D eigenvalue weighted by molar-refractivity contribution is 5.99. The first kappa shape index (κ1) is 29.4. The van der Waals surface area contributed by atoms with Crippen LogP contribution in [0.2, 0.25) is 0 Å². The summed E-state index contributed by atoms with van der Waals surface area (Å²) in [6.07, 6.45) is 5.19. The van der Waals surface area contributed by atoms with Crippen molar-refractivity contribution in [1.82, 2.24) is 14.9 Å². The van der Waals surface area contributed by atoms with Crippen LogP contribution in [0.25, 0.3) is 0 Å². The van der Waals surface area contributed by atoms with Crippen molar-refractivity contribution in [1.29, 1.82) is 0 Å². The number of nitrogens with zero attached hydrogens (tertiary/aromatic N) is 4. The minimum Gasteiger partial charge on any atom is -0.485 e. The van der Waals surface area contributed by atoms with Gasteiger partial charge in [-0.3, -0.25) is 5.32 Å². The molecule has 1 aliphatic rings. The van der Waals surface area contributed by atoms with Gasteiger partial charge in [0.05, 0.1) is 0 Å². The van der Waals surface area contributed by atoms with Gasteiger partial charge in [0.2, 0.25) is 0 Å². The van der Waals surface area contributed by atoms with E-state index in [1.165, 1.54) is 5.56 Å². The van der Waals surface area contributed by atoms with Crippen molar-refractivity contribution < 1.29 is 14.3 Å². The van der Waals surface area contributed by atoms with Crippen molar-refractivity contribution in [2.45, 2.75) is 33.3 Å². The lowest BCUT2D eigenvalue weighted by Crippen LogP contribution is -2.50. The van der Waals surface area contributed by atoms with Crippen molar-refractivity contribution in [2.75, 3.05) is 47.0 Å². The van der Waals surface area contributed by atoms with E-state index < -0.39 is 0 Å². The highest BCUT2D eigenvalue weighted by Gasteiger charge is 2.24. The van der Waals surface area contributed by atoms with Gasteiger partial charge in [0.25, 0.3) is 0 Å². The molecule has 2 aromatic heterocycles. The predicted octanol–water partition coefficient (Wildman–Crippen LogP) is 6.18. The summed E-state index contributed by atoms with van der Waals surface area (Å²) in [5.41, 5.74) is 4.71. The molecule has 2 aromatic carbocycles. The summed E-state index contributed by atoms with van der Waals surface area (Å²) < 4.78 is 6.18. The number of urea groups is 2. The van der Waals surface area contributed by atoms with Gasteiger partial charge in [-0.15, -0.1) is 0 Å². The maximum Gasteiger partial charge on any atom is 0.324 e. The van der Waals surface area contributed by atoms with Gasteiger partial charge in [-0.2, -0.15) is 0 Å². The van der Waals surface area contributed by atoms with Crippen LogP contribution in [0.3, 0.4) is 0 Å². The zero-order valence-corrected chi connectivity index (χ0v) is 24.5. The minimum atomic E-state index is -0.365. The molecule has 222 valence electrons. The number of aromatic nitrogens is 2. The van der Waals surface area contributed by atoms with E-state index in [1.807, 2.05) is 65.6 Å². The molecule has 0 unspecified atom stereocenters. The van der Waals surface area contributed by atoms with E-state index in [2.05, 4.69) is 50.7 Å². The number of anilines is 4. The van der Waals surface area contributed by atoms with Crippen molar-refractivity contribution in [3.05, 3.63) is 102 Å². The van der Waals surface area contributed by atoms with Gasteiger partial charge in [-0.1, -0.05) is 38.1 Å². The number of amides is 4. The van der Waals surface area contributed by atoms with Gasteiger partial charge in [-0.05, 0) is 78.1 Å². The summed E-state index contributed by atoms with van der Waals surface area (Å²) in [6, 6.07) is 22.6. The van der Waals surface area contributed by atoms with Crippen LogP contribution in [0, 0.1) is 0 Å². The molecule has 0 bridgehead atoms. The van der Waals surface area contributed by atoms with Crippen molar-refractivity contribution >= 4 is 35.1 Å². The van der Waals surface area contributed by atoms with Crippen LogP contribution in [0.15, 0.2) is 85.2 Å². The average molecular weight is 580 g/mol. The Morgan fingerprint density at radius 1 is 0.744 bits per heavy atom.